The van der Waals surface area contributed by atoms with Crippen LogP contribution in [0.5, 0.6) is 0 Å². The van der Waals surface area contributed by atoms with Crippen LogP contribution in [0.15, 0.2) is 12.1 Å². The molecule has 0 amide bonds. The number of hydrogen-bond acceptors (Lipinski definition) is 2. The molecule has 0 unspecified atom stereocenters. The fourth-order valence-electron chi connectivity index (χ4n) is 1.09. The molecule has 0 aliphatic heterocycles. The van der Waals surface area contributed by atoms with Crippen LogP contribution in [-0.4, -0.2) is 12.6 Å². The van der Waals surface area contributed by atoms with Gasteiger partial charge in [0.2, 0.25) is 0 Å². The summed E-state index contributed by atoms with van der Waals surface area (Å²) in [7, 11) is 0. The third-order valence-corrected chi connectivity index (χ3v) is 3.16. The molecular formula is C10H9BrCl2O2. The monoisotopic (exact) mass is 310 g/mol. The van der Waals surface area contributed by atoms with E-state index in [9.17, 15) is 4.79 Å². The summed E-state index contributed by atoms with van der Waals surface area (Å²) in [6.45, 7) is 2.06. The Balaban J connectivity index is 3.15. The van der Waals surface area contributed by atoms with Crippen molar-refractivity contribution in [2.24, 2.45) is 0 Å². The highest BCUT2D eigenvalue weighted by Crippen LogP contribution is 2.30. The van der Waals surface area contributed by atoms with Gasteiger partial charge in [-0.05, 0) is 19.1 Å². The first-order valence-corrected chi connectivity index (χ1v) is 6.19. The molecule has 5 heteroatoms. The van der Waals surface area contributed by atoms with E-state index in [1.807, 2.05) is 0 Å². The maximum Gasteiger partial charge on any atom is 0.339 e. The molecule has 0 bridgehead atoms. The zero-order valence-electron chi connectivity index (χ0n) is 8.02. The molecule has 82 valence electrons. The van der Waals surface area contributed by atoms with E-state index in [-0.39, 0.29) is 0 Å². The van der Waals surface area contributed by atoms with Crippen LogP contribution in [0, 0.1) is 0 Å². The molecule has 1 aromatic rings. The third-order valence-electron chi connectivity index (χ3n) is 1.82. The number of hydrogen-bond donors (Lipinski definition) is 0. The Hall–Kier alpha value is -0.250. The quantitative estimate of drug-likeness (QED) is 0.621. The van der Waals surface area contributed by atoms with Gasteiger partial charge in [-0.3, -0.25) is 0 Å². The first kappa shape index (κ1) is 12.8. The molecule has 0 aliphatic rings. The van der Waals surface area contributed by atoms with Crippen LogP contribution >= 0.6 is 39.1 Å². The lowest BCUT2D eigenvalue weighted by atomic mass is 10.1. The lowest BCUT2D eigenvalue weighted by Crippen LogP contribution is -2.06. The lowest BCUT2D eigenvalue weighted by Gasteiger charge is -2.08. The minimum absolute atomic E-state index is 0.321. The van der Waals surface area contributed by atoms with Gasteiger partial charge >= 0.3 is 5.97 Å². The van der Waals surface area contributed by atoms with Crippen molar-refractivity contribution in [1.82, 2.24) is 0 Å². The first-order valence-electron chi connectivity index (χ1n) is 4.31. The van der Waals surface area contributed by atoms with Gasteiger partial charge < -0.3 is 4.74 Å². The van der Waals surface area contributed by atoms with Crippen molar-refractivity contribution in [2.45, 2.75) is 12.3 Å². The third kappa shape index (κ3) is 2.86. The SMILES string of the molecule is CCOC(=O)c1ccc(Cl)c(CBr)c1Cl. The minimum atomic E-state index is -0.429. The summed E-state index contributed by atoms with van der Waals surface area (Å²) in [6, 6.07) is 3.20. The van der Waals surface area contributed by atoms with Crippen molar-refractivity contribution >= 4 is 45.1 Å². The summed E-state index contributed by atoms with van der Waals surface area (Å²) in [5, 5.41) is 1.38. The van der Waals surface area contributed by atoms with Gasteiger partial charge in [0, 0.05) is 15.9 Å². The van der Waals surface area contributed by atoms with Crippen LogP contribution in [0.3, 0.4) is 0 Å². The zero-order chi connectivity index (χ0) is 11.4. The maximum atomic E-state index is 11.5. The lowest BCUT2D eigenvalue weighted by molar-refractivity contribution is 0.0526. The fourth-order valence-corrected chi connectivity index (χ4v) is 2.57. The van der Waals surface area contributed by atoms with Crippen molar-refractivity contribution in [2.75, 3.05) is 6.61 Å². The summed E-state index contributed by atoms with van der Waals surface area (Å²) in [6.07, 6.45) is 0. The van der Waals surface area contributed by atoms with E-state index < -0.39 is 5.97 Å². The van der Waals surface area contributed by atoms with Crippen molar-refractivity contribution < 1.29 is 9.53 Å². The molecule has 0 saturated heterocycles. The molecule has 0 aliphatic carbocycles. The van der Waals surface area contributed by atoms with Crippen molar-refractivity contribution in [3.05, 3.63) is 33.3 Å². The Morgan fingerprint density at radius 3 is 2.67 bits per heavy atom. The molecule has 0 atom stereocenters. The van der Waals surface area contributed by atoms with E-state index in [0.717, 1.165) is 0 Å². The second-order valence-electron chi connectivity index (χ2n) is 2.74. The van der Waals surface area contributed by atoms with Crippen LogP contribution in [0.2, 0.25) is 10.0 Å². The second-order valence-corrected chi connectivity index (χ2v) is 4.09. The van der Waals surface area contributed by atoms with Gasteiger partial charge in [-0.15, -0.1) is 0 Å². The standard InChI is InChI=1S/C10H9BrCl2O2/c1-2-15-10(14)6-3-4-8(12)7(5-11)9(6)13/h3-4H,2,5H2,1H3. The number of esters is 1. The van der Waals surface area contributed by atoms with Gasteiger partial charge in [0.25, 0.3) is 0 Å². The van der Waals surface area contributed by atoms with Gasteiger partial charge in [-0.25, -0.2) is 4.79 Å². The van der Waals surface area contributed by atoms with Crippen LogP contribution in [0.1, 0.15) is 22.8 Å². The fraction of sp³-hybridized carbons (Fsp3) is 0.300. The molecule has 15 heavy (non-hydrogen) atoms. The van der Waals surface area contributed by atoms with E-state index in [1.165, 1.54) is 0 Å². The number of rotatable bonds is 3. The average molecular weight is 312 g/mol. The molecular weight excluding hydrogens is 303 g/mol. The Morgan fingerprint density at radius 1 is 1.47 bits per heavy atom. The van der Waals surface area contributed by atoms with E-state index in [1.54, 1.807) is 19.1 Å². The summed E-state index contributed by atoms with van der Waals surface area (Å²) in [4.78, 5) is 11.5. The predicted octanol–water partition coefficient (Wildman–Crippen LogP) is 4.07. The number of ether oxygens (including phenoxy) is 1. The van der Waals surface area contributed by atoms with Gasteiger partial charge in [-0.1, -0.05) is 39.1 Å². The van der Waals surface area contributed by atoms with Crippen LogP contribution < -0.4 is 0 Å². The highest BCUT2D eigenvalue weighted by atomic mass is 79.9. The summed E-state index contributed by atoms with van der Waals surface area (Å²) >= 11 is 15.2. The van der Waals surface area contributed by atoms with E-state index in [2.05, 4.69) is 15.9 Å². The molecule has 1 aromatic carbocycles. The Bertz CT molecular complexity index is 380. The van der Waals surface area contributed by atoms with Gasteiger partial charge in [0.05, 0.1) is 17.2 Å². The van der Waals surface area contributed by atoms with Crippen molar-refractivity contribution in [3.63, 3.8) is 0 Å². The normalized spacial score (nSPS) is 10.1. The topological polar surface area (TPSA) is 26.3 Å². The van der Waals surface area contributed by atoms with Crippen molar-refractivity contribution in [3.8, 4) is 0 Å². The Kier molecular flexibility index (Phi) is 4.90. The van der Waals surface area contributed by atoms with E-state index in [4.69, 9.17) is 27.9 Å². The average Bonchev–Trinajstić information content (AvgIpc) is 2.18. The van der Waals surface area contributed by atoms with Gasteiger partial charge in [-0.2, -0.15) is 0 Å². The minimum Gasteiger partial charge on any atom is -0.462 e. The number of benzene rings is 1. The van der Waals surface area contributed by atoms with E-state index >= 15 is 0 Å². The van der Waals surface area contributed by atoms with E-state index in [0.29, 0.717) is 33.1 Å². The largest absolute Gasteiger partial charge is 0.462 e. The molecule has 0 heterocycles. The predicted molar refractivity (Wildman–Crippen MR) is 65.0 cm³/mol. The Labute approximate surface area is 107 Å². The number of carbonyl (C=O) groups is 1. The molecule has 0 saturated carbocycles. The summed E-state index contributed by atoms with van der Waals surface area (Å²) in [5.74, 6) is -0.429. The number of carbonyl (C=O) groups excluding carboxylic acids is 1. The maximum absolute atomic E-state index is 11.5. The molecule has 2 nitrogen and oxygen atoms in total. The highest BCUT2D eigenvalue weighted by Gasteiger charge is 2.16. The molecule has 0 radical (unpaired) electrons. The summed E-state index contributed by atoms with van der Waals surface area (Å²) < 4.78 is 4.87. The molecule has 0 N–H and O–H groups in total. The van der Waals surface area contributed by atoms with Gasteiger partial charge in [0.1, 0.15) is 0 Å². The Morgan fingerprint density at radius 2 is 2.13 bits per heavy atom. The van der Waals surface area contributed by atoms with Crippen LogP contribution in [-0.2, 0) is 10.1 Å². The number of alkyl halides is 1. The molecule has 1 rings (SSSR count). The zero-order valence-corrected chi connectivity index (χ0v) is 11.1. The molecule has 0 aromatic heterocycles. The summed E-state index contributed by atoms with van der Waals surface area (Å²) in [5.41, 5.74) is 1.04. The highest BCUT2D eigenvalue weighted by molar-refractivity contribution is 9.08. The van der Waals surface area contributed by atoms with Gasteiger partial charge in [0.15, 0.2) is 0 Å². The second kappa shape index (κ2) is 5.73. The first-order chi connectivity index (χ1) is 7.11. The van der Waals surface area contributed by atoms with Crippen LogP contribution in [0.4, 0.5) is 0 Å². The van der Waals surface area contributed by atoms with Crippen LogP contribution in [0.25, 0.3) is 0 Å². The van der Waals surface area contributed by atoms with Crippen molar-refractivity contribution in [1.29, 1.82) is 0 Å². The molecule has 0 spiro atoms. The number of halogens is 3. The smallest absolute Gasteiger partial charge is 0.339 e. The molecule has 0 fully saturated rings.